The maximum Gasteiger partial charge on any atom is 0.328 e. The van der Waals surface area contributed by atoms with Gasteiger partial charge in [-0.05, 0) is 33.5 Å². The van der Waals surface area contributed by atoms with Crippen LogP contribution in [-0.4, -0.2) is 14.9 Å². The topological polar surface area (TPSA) is 44.0 Å². The molecule has 0 aliphatic rings. The van der Waals surface area contributed by atoms with Crippen molar-refractivity contribution >= 4 is 32.7 Å². The zero-order chi connectivity index (χ0) is 15.2. The lowest BCUT2D eigenvalue weighted by Gasteiger charge is -2.17. The average molecular weight is 339 g/mol. The molecule has 2 rings (SSSR count). The highest BCUT2D eigenvalue weighted by molar-refractivity contribution is 9.10. The number of carbonyl (C=O) groups is 1. The number of rotatable bonds is 2. The Kier molecular flexibility index (Phi) is 3.67. The summed E-state index contributed by atoms with van der Waals surface area (Å²) >= 11 is 3.45. The Morgan fingerprint density at radius 1 is 1.15 bits per heavy atom. The summed E-state index contributed by atoms with van der Waals surface area (Å²) < 4.78 is 3.88. The van der Waals surface area contributed by atoms with Crippen LogP contribution < -0.4 is 5.69 Å². The standard InChI is InChI=1S/C15H19BrN2O2/c1-15(2,3)8-13(19)9-6-11-12(7-10(9)16)18(5)14(20)17(11)4/h6-7H,8H2,1-5H3. The SMILES string of the molecule is Cn1c(=O)n(C)c2cc(C(=O)CC(C)(C)C)c(Br)cc21. The molecule has 0 radical (unpaired) electrons. The molecule has 1 aromatic carbocycles. The van der Waals surface area contributed by atoms with Crippen LogP contribution in [0.5, 0.6) is 0 Å². The summed E-state index contributed by atoms with van der Waals surface area (Å²) in [7, 11) is 3.45. The third kappa shape index (κ3) is 2.59. The van der Waals surface area contributed by atoms with E-state index in [9.17, 15) is 9.59 Å². The molecule has 0 unspecified atom stereocenters. The van der Waals surface area contributed by atoms with E-state index >= 15 is 0 Å². The fourth-order valence-corrected chi connectivity index (χ4v) is 2.86. The van der Waals surface area contributed by atoms with Crippen molar-refractivity contribution in [2.75, 3.05) is 0 Å². The highest BCUT2D eigenvalue weighted by atomic mass is 79.9. The van der Waals surface area contributed by atoms with Gasteiger partial charge in [0.25, 0.3) is 0 Å². The quantitative estimate of drug-likeness (QED) is 0.789. The lowest BCUT2D eigenvalue weighted by molar-refractivity contribution is 0.0939. The molecule has 0 aliphatic carbocycles. The number of aryl methyl sites for hydroxylation is 2. The number of aromatic nitrogens is 2. The minimum atomic E-state index is -0.0904. The second-order valence-corrected chi connectivity index (χ2v) is 7.24. The second-order valence-electron chi connectivity index (χ2n) is 6.38. The Morgan fingerprint density at radius 3 is 2.15 bits per heavy atom. The lowest BCUT2D eigenvalue weighted by Crippen LogP contribution is -2.19. The first-order valence-electron chi connectivity index (χ1n) is 6.50. The van der Waals surface area contributed by atoms with Gasteiger partial charge >= 0.3 is 5.69 Å². The van der Waals surface area contributed by atoms with Crippen molar-refractivity contribution in [2.45, 2.75) is 27.2 Å². The van der Waals surface area contributed by atoms with Crippen molar-refractivity contribution in [2.24, 2.45) is 19.5 Å². The van der Waals surface area contributed by atoms with E-state index in [1.165, 1.54) is 0 Å². The molecule has 5 heteroatoms. The maximum absolute atomic E-state index is 12.4. The summed E-state index contributed by atoms with van der Waals surface area (Å²) in [5.74, 6) is 0.0857. The highest BCUT2D eigenvalue weighted by Crippen LogP contribution is 2.28. The van der Waals surface area contributed by atoms with Crippen LogP contribution in [0.15, 0.2) is 21.4 Å². The summed E-state index contributed by atoms with van der Waals surface area (Å²) in [6, 6.07) is 3.64. The van der Waals surface area contributed by atoms with Crippen molar-refractivity contribution in [3.8, 4) is 0 Å². The Morgan fingerprint density at radius 2 is 1.65 bits per heavy atom. The maximum atomic E-state index is 12.4. The summed E-state index contributed by atoms with van der Waals surface area (Å²) in [6.07, 6.45) is 0.470. The van der Waals surface area contributed by atoms with Crippen molar-refractivity contribution in [3.63, 3.8) is 0 Å². The van der Waals surface area contributed by atoms with Gasteiger partial charge in [-0.1, -0.05) is 20.8 Å². The predicted octanol–water partition coefficient (Wildman–Crippen LogP) is 3.26. The summed E-state index contributed by atoms with van der Waals surface area (Å²) in [5, 5.41) is 0. The van der Waals surface area contributed by atoms with E-state index in [0.29, 0.717) is 12.0 Å². The van der Waals surface area contributed by atoms with Gasteiger partial charge in [0.05, 0.1) is 11.0 Å². The fourth-order valence-electron chi connectivity index (χ4n) is 2.31. The number of benzene rings is 1. The molecular weight excluding hydrogens is 320 g/mol. The minimum absolute atomic E-state index is 0.0615. The number of Topliss-reactive ketones (excluding diaryl/α,β-unsaturated/α-hetero) is 1. The van der Waals surface area contributed by atoms with E-state index in [0.717, 1.165) is 15.5 Å². The number of hydrogen-bond donors (Lipinski definition) is 0. The average Bonchev–Trinajstić information content (AvgIpc) is 2.51. The first-order valence-corrected chi connectivity index (χ1v) is 7.29. The molecule has 2 aromatic rings. The van der Waals surface area contributed by atoms with Crippen molar-refractivity contribution in [1.82, 2.24) is 9.13 Å². The van der Waals surface area contributed by atoms with Crippen molar-refractivity contribution in [1.29, 1.82) is 0 Å². The molecule has 0 fully saturated rings. The molecule has 1 heterocycles. The van der Waals surface area contributed by atoms with Crippen LogP contribution in [0.25, 0.3) is 11.0 Å². The number of halogens is 1. The molecule has 4 nitrogen and oxygen atoms in total. The second kappa shape index (κ2) is 4.88. The number of fused-ring (bicyclic) bond motifs is 1. The van der Waals surface area contributed by atoms with Crippen LogP contribution >= 0.6 is 15.9 Å². The van der Waals surface area contributed by atoms with Gasteiger partial charge < -0.3 is 0 Å². The molecule has 0 N–H and O–H groups in total. The van der Waals surface area contributed by atoms with Crippen molar-refractivity contribution in [3.05, 3.63) is 32.7 Å². The third-order valence-corrected chi connectivity index (χ3v) is 4.01. The zero-order valence-corrected chi connectivity index (χ0v) is 14.0. The zero-order valence-electron chi connectivity index (χ0n) is 12.5. The lowest BCUT2D eigenvalue weighted by atomic mass is 9.88. The van der Waals surface area contributed by atoms with Crippen molar-refractivity contribution < 1.29 is 4.79 Å². The van der Waals surface area contributed by atoms with E-state index in [1.54, 1.807) is 29.3 Å². The number of nitrogens with zero attached hydrogens (tertiary/aromatic N) is 2. The monoisotopic (exact) mass is 338 g/mol. The number of ketones is 1. The van der Waals surface area contributed by atoms with Gasteiger partial charge in [-0.25, -0.2) is 4.79 Å². The Hall–Kier alpha value is -1.36. The minimum Gasteiger partial charge on any atom is -0.295 e. The molecule has 0 saturated heterocycles. The van der Waals surface area contributed by atoms with Gasteiger partial charge in [0.15, 0.2) is 5.78 Å². The molecule has 0 bridgehead atoms. The predicted molar refractivity (Wildman–Crippen MR) is 84.3 cm³/mol. The molecule has 0 amide bonds. The Balaban J connectivity index is 2.62. The highest BCUT2D eigenvalue weighted by Gasteiger charge is 2.21. The van der Waals surface area contributed by atoms with Gasteiger partial charge in [-0.3, -0.25) is 13.9 Å². The number of carbonyl (C=O) groups excluding carboxylic acids is 1. The van der Waals surface area contributed by atoms with Crippen LogP contribution in [0.4, 0.5) is 0 Å². The summed E-state index contributed by atoms with van der Waals surface area (Å²) in [4.78, 5) is 24.3. The summed E-state index contributed by atoms with van der Waals surface area (Å²) in [5.41, 5.74) is 2.07. The van der Waals surface area contributed by atoms with E-state index in [1.807, 2.05) is 26.8 Å². The largest absolute Gasteiger partial charge is 0.328 e. The molecule has 0 spiro atoms. The first kappa shape index (κ1) is 15.0. The van der Waals surface area contributed by atoms with Crippen LogP contribution in [0.3, 0.4) is 0 Å². The van der Waals surface area contributed by atoms with Gasteiger partial charge in [-0.15, -0.1) is 0 Å². The molecule has 0 saturated carbocycles. The number of hydrogen-bond acceptors (Lipinski definition) is 2. The first-order chi connectivity index (χ1) is 9.11. The van der Waals surface area contributed by atoms with Gasteiger partial charge in [0.1, 0.15) is 0 Å². The van der Waals surface area contributed by atoms with Crippen LogP contribution in [0.2, 0.25) is 0 Å². The molecule has 108 valence electrons. The Bertz CT molecular complexity index is 748. The molecule has 1 aromatic heterocycles. The smallest absolute Gasteiger partial charge is 0.295 e. The van der Waals surface area contributed by atoms with E-state index in [-0.39, 0.29) is 16.9 Å². The normalized spacial score (nSPS) is 12.1. The van der Waals surface area contributed by atoms with E-state index < -0.39 is 0 Å². The van der Waals surface area contributed by atoms with Crippen LogP contribution in [0.1, 0.15) is 37.6 Å². The van der Waals surface area contributed by atoms with Gasteiger partial charge in [0.2, 0.25) is 0 Å². The van der Waals surface area contributed by atoms with Crippen LogP contribution in [0, 0.1) is 5.41 Å². The Labute approximate surface area is 126 Å². The van der Waals surface area contributed by atoms with Gasteiger partial charge in [-0.2, -0.15) is 0 Å². The van der Waals surface area contributed by atoms with Gasteiger partial charge in [0, 0.05) is 30.6 Å². The molecular formula is C15H19BrN2O2. The molecule has 0 atom stereocenters. The van der Waals surface area contributed by atoms with E-state index in [4.69, 9.17) is 0 Å². The molecule has 0 aliphatic heterocycles. The molecule has 20 heavy (non-hydrogen) atoms. The van der Waals surface area contributed by atoms with Crippen LogP contribution in [-0.2, 0) is 14.1 Å². The summed E-state index contributed by atoms with van der Waals surface area (Å²) in [6.45, 7) is 6.11. The van der Waals surface area contributed by atoms with E-state index in [2.05, 4.69) is 15.9 Å². The third-order valence-electron chi connectivity index (χ3n) is 3.35. The number of imidazole rings is 1. The fraction of sp³-hybridized carbons (Fsp3) is 0.467.